The van der Waals surface area contributed by atoms with Crippen molar-refractivity contribution in [2.24, 2.45) is 10.9 Å². The van der Waals surface area contributed by atoms with Crippen LogP contribution in [0.3, 0.4) is 0 Å². The van der Waals surface area contributed by atoms with E-state index in [9.17, 15) is 13.2 Å². The summed E-state index contributed by atoms with van der Waals surface area (Å²) in [4.78, 5) is 5.69. The van der Waals surface area contributed by atoms with E-state index in [4.69, 9.17) is 9.47 Å². The lowest BCUT2D eigenvalue weighted by molar-refractivity contribution is -0.143. The van der Waals surface area contributed by atoms with Gasteiger partial charge in [0.25, 0.3) is 0 Å². The summed E-state index contributed by atoms with van der Waals surface area (Å²) >= 11 is 0. The molecule has 10 heteroatoms. The minimum absolute atomic E-state index is 0. The smallest absolute Gasteiger partial charge is 0.401 e. The summed E-state index contributed by atoms with van der Waals surface area (Å²) in [6, 6.07) is 4.05. The molecule has 0 aliphatic carbocycles. The predicted octanol–water partition coefficient (Wildman–Crippen LogP) is 3.58. The van der Waals surface area contributed by atoms with Gasteiger partial charge in [0.05, 0.1) is 13.2 Å². The molecular formula is C21H32F3IN4O2. The zero-order chi connectivity index (χ0) is 21.7. The van der Waals surface area contributed by atoms with Gasteiger partial charge in [-0.25, -0.2) is 0 Å². The molecule has 1 saturated heterocycles. The van der Waals surface area contributed by atoms with Crippen LogP contribution in [0.2, 0.25) is 0 Å². The fourth-order valence-corrected chi connectivity index (χ4v) is 4.03. The van der Waals surface area contributed by atoms with Crippen LogP contribution in [-0.2, 0) is 13.0 Å². The van der Waals surface area contributed by atoms with Crippen molar-refractivity contribution in [3.8, 4) is 11.5 Å². The average molecular weight is 556 g/mol. The van der Waals surface area contributed by atoms with Crippen molar-refractivity contribution in [1.82, 2.24) is 15.5 Å². The quantitative estimate of drug-likeness (QED) is 0.306. The van der Waals surface area contributed by atoms with Gasteiger partial charge in [-0.05, 0) is 44.9 Å². The number of halogens is 4. The molecule has 176 valence electrons. The molecule has 0 radical (unpaired) electrons. The second-order valence-corrected chi connectivity index (χ2v) is 7.94. The van der Waals surface area contributed by atoms with Crippen LogP contribution < -0.4 is 20.1 Å². The summed E-state index contributed by atoms with van der Waals surface area (Å²) in [7, 11) is 1.68. The highest BCUT2D eigenvalue weighted by Gasteiger charge is 2.34. The number of guanidine groups is 1. The van der Waals surface area contributed by atoms with Gasteiger partial charge >= 0.3 is 6.18 Å². The Hall–Kier alpha value is -1.43. The minimum Gasteiger partial charge on any atom is -0.494 e. The first-order valence-corrected chi connectivity index (χ1v) is 10.5. The largest absolute Gasteiger partial charge is 0.494 e. The zero-order valence-corrected chi connectivity index (χ0v) is 20.5. The molecule has 31 heavy (non-hydrogen) atoms. The molecule has 2 heterocycles. The van der Waals surface area contributed by atoms with Gasteiger partial charge in [-0.2, -0.15) is 13.2 Å². The molecule has 2 N–H and O–H groups in total. The lowest BCUT2D eigenvalue weighted by Gasteiger charge is -2.19. The average Bonchev–Trinajstić information content (AvgIpc) is 3.25. The fourth-order valence-electron chi connectivity index (χ4n) is 4.03. The first-order chi connectivity index (χ1) is 14.3. The maximum absolute atomic E-state index is 12.6. The van der Waals surface area contributed by atoms with E-state index in [1.807, 2.05) is 26.0 Å². The van der Waals surface area contributed by atoms with Crippen molar-refractivity contribution in [3.05, 3.63) is 23.3 Å². The third-order valence-electron chi connectivity index (χ3n) is 5.38. The van der Waals surface area contributed by atoms with E-state index in [1.165, 1.54) is 4.90 Å². The third kappa shape index (κ3) is 7.58. The number of rotatable bonds is 7. The predicted molar refractivity (Wildman–Crippen MR) is 126 cm³/mol. The van der Waals surface area contributed by atoms with Gasteiger partial charge in [0, 0.05) is 44.2 Å². The van der Waals surface area contributed by atoms with E-state index < -0.39 is 12.7 Å². The topological polar surface area (TPSA) is 58.1 Å². The first kappa shape index (κ1) is 25.8. The van der Waals surface area contributed by atoms with Gasteiger partial charge in [0.1, 0.15) is 17.6 Å². The van der Waals surface area contributed by atoms with Crippen LogP contribution in [0.25, 0.3) is 0 Å². The standard InChI is InChI=1S/C21H31F3N4O2.HI/c1-4-29-18-8-16-7-14(2)30-19(16)9-17(18)11-27-20(25-3)26-10-15-5-6-28(12-15)13-21(22,23)24;/h8-9,14-15H,4-7,10-13H2,1-3H3,(H2,25,26,27);1H. The molecule has 2 unspecified atom stereocenters. The number of likely N-dealkylation sites (tertiary alicyclic amines) is 1. The Morgan fingerprint density at radius 3 is 2.77 bits per heavy atom. The number of ether oxygens (including phenoxy) is 2. The Morgan fingerprint density at radius 1 is 1.32 bits per heavy atom. The summed E-state index contributed by atoms with van der Waals surface area (Å²) in [6.45, 7) is 5.74. The van der Waals surface area contributed by atoms with Gasteiger partial charge in [-0.3, -0.25) is 9.89 Å². The number of nitrogens with one attached hydrogen (secondary N) is 2. The first-order valence-electron chi connectivity index (χ1n) is 10.5. The SMILES string of the molecule is CCOc1cc2c(cc1CNC(=NC)NCC1CCN(CC(F)(F)F)C1)OC(C)C2.I. The normalized spacial score (nSPS) is 21.3. The maximum Gasteiger partial charge on any atom is 0.401 e. The Balaban J connectivity index is 0.00000341. The second-order valence-electron chi connectivity index (χ2n) is 7.94. The summed E-state index contributed by atoms with van der Waals surface area (Å²) in [5, 5.41) is 6.50. The van der Waals surface area contributed by atoms with Crippen molar-refractivity contribution in [2.75, 3.05) is 39.8 Å². The highest BCUT2D eigenvalue weighted by Crippen LogP contribution is 2.35. The number of nitrogens with zero attached hydrogens (tertiary/aromatic N) is 2. The van der Waals surface area contributed by atoms with Crippen molar-refractivity contribution < 1.29 is 22.6 Å². The molecule has 2 atom stereocenters. The summed E-state index contributed by atoms with van der Waals surface area (Å²) in [5.74, 6) is 2.50. The Labute approximate surface area is 199 Å². The monoisotopic (exact) mass is 556 g/mol. The molecule has 1 aromatic carbocycles. The molecular weight excluding hydrogens is 524 g/mol. The van der Waals surface area contributed by atoms with Gasteiger partial charge in [-0.15, -0.1) is 24.0 Å². The molecule has 0 spiro atoms. The molecule has 6 nitrogen and oxygen atoms in total. The van der Waals surface area contributed by atoms with Crippen LogP contribution in [0.1, 0.15) is 31.4 Å². The van der Waals surface area contributed by atoms with Crippen LogP contribution in [0.4, 0.5) is 13.2 Å². The van der Waals surface area contributed by atoms with Crippen LogP contribution in [-0.4, -0.2) is 63.0 Å². The van der Waals surface area contributed by atoms with Crippen molar-refractivity contribution in [3.63, 3.8) is 0 Å². The van der Waals surface area contributed by atoms with Crippen molar-refractivity contribution in [2.45, 2.75) is 45.5 Å². The zero-order valence-electron chi connectivity index (χ0n) is 18.2. The number of alkyl halides is 3. The van der Waals surface area contributed by atoms with Crippen LogP contribution in [0, 0.1) is 5.92 Å². The molecule has 2 aliphatic heterocycles. The molecule has 0 saturated carbocycles. The van der Waals surface area contributed by atoms with Crippen molar-refractivity contribution >= 4 is 29.9 Å². The van der Waals surface area contributed by atoms with E-state index >= 15 is 0 Å². The molecule has 2 aliphatic rings. The summed E-state index contributed by atoms with van der Waals surface area (Å²) < 4.78 is 49.3. The number of hydrogen-bond donors (Lipinski definition) is 2. The minimum atomic E-state index is -4.14. The van der Waals surface area contributed by atoms with Crippen LogP contribution in [0.15, 0.2) is 17.1 Å². The third-order valence-corrected chi connectivity index (χ3v) is 5.38. The van der Waals surface area contributed by atoms with Gasteiger partial charge in [0.2, 0.25) is 0 Å². The summed E-state index contributed by atoms with van der Waals surface area (Å²) in [5.41, 5.74) is 2.13. The van der Waals surface area contributed by atoms with E-state index in [-0.39, 0.29) is 36.0 Å². The van der Waals surface area contributed by atoms with E-state index in [0.717, 1.165) is 35.5 Å². The van der Waals surface area contributed by atoms with Gasteiger partial charge in [-0.1, -0.05) is 0 Å². The molecule has 0 amide bonds. The number of benzene rings is 1. The van der Waals surface area contributed by atoms with Gasteiger partial charge < -0.3 is 20.1 Å². The number of aliphatic imine (C=N–C) groups is 1. The number of fused-ring (bicyclic) bond motifs is 1. The Morgan fingerprint density at radius 2 is 2.10 bits per heavy atom. The van der Waals surface area contributed by atoms with Crippen molar-refractivity contribution in [1.29, 1.82) is 0 Å². The molecule has 1 fully saturated rings. The lowest BCUT2D eigenvalue weighted by atomic mass is 10.1. The molecule has 3 rings (SSSR count). The van der Waals surface area contributed by atoms with E-state index in [0.29, 0.717) is 38.7 Å². The Bertz CT molecular complexity index is 761. The highest BCUT2D eigenvalue weighted by molar-refractivity contribution is 14.0. The van der Waals surface area contributed by atoms with E-state index in [2.05, 4.69) is 15.6 Å². The maximum atomic E-state index is 12.6. The highest BCUT2D eigenvalue weighted by atomic mass is 127. The number of hydrogen-bond acceptors (Lipinski definition) is 4. The second kappa shape index (κ2) is 11.4. The van der Waals surface area contributed by atoms with Crippen LogP contribution >= 0.6 is 24.0 Å². The fraction of sp³-hybridized carbons (Fsp3) is 0.667. The lowest BCUT2D eigenvalue weighted by Crippen LogP contribution is -2.40. The Kier molecular flexibility index (Phi) is 9.53. The van der Waals surface area contributed by atoms with E-state index in [1.54, 1.807) is 7.05 Å². The molecule has 1 aromatic rings. The molecule has 0 aromatic heterocycles. The van der Waals surface area contributed by atoms with Crippen LogP contribution in [0.5, 0.6) is 11.5 Å². The van der Waals surface area contributed by atoms with Gasteiger partial charge in [0.15, 0.2) is 5.96 Å². The molecule has 0 bridgehead atoms. The summed E-state index contributed by atoms with van der Waals surface area (Å²) in [6.07, 6.45) is -2.36.